The monoisotopic (exact) mass is 453 g/mol. The number of rotatable bonds is 5. The van der Waals surface area contributed by atoms with Crippen LogP contribution in [0.3, 0.4) is 0 Å². The fourth-order valence-electron chi connectivity index (χ4n) is 5.83. The Bertz CT molecular complexity index is 836. The number of benzene rings is 1. The second-order valence-electron chi connectivity index (χ2n) is 9.68. The minimum absolute atomic E-state index is 0.0259. The molecule has 3 amide bonds. The van der Waals surface area contributed by atoms with E-state index in [4.69, 9.17) is 0 Å². The van der Waals surface area contributed by atoms with Gasteiger partial charge in [0.15, 0.2) is 0 Å². The molecule has 1 N–H and O–H groups in total. The van der Waals surface area contributed by atoms with Crippen molar-refractivity contribution in [1.29, 1.82) is 5.26 Å². The van der Waals surface area contributed by atoms with Crippen molar-refractivity contribution in [2.24, 2.45) is 11.8 Å². The zero-order valence-corrected chi connectivity index (χ0v) is 20.6. The van der Waals surface area contributed by atoms with Gasteiger partial charge >= 0.3 is 6.03 Å². The van der Waals surface area contributed by atoms with E-state index in [-0.39, 0.29) is 30.1 Å². The van der Waals surface area contributed by atoms with Gasteiger partial charge < -0.3 is 20.0 Å². The number of hydrogen-bond acceptors (Lipinski definition) is 4. The Labute approximate surface area is 198 Å². The number of carbonyl (C=O) groups excluding carboxylic acids is 2. The van der Waals surface area contributed by atoms with Gasteiger partial charge in [0.1, 0.15) is 6.04 Å². The average molecular weight is 454 g/mol. The molecule has 0 radical (unpaired) electrons. The van der Waals surface area contributed by atoms with Crippen molar-refractivity contribution in [2.45, 2.75) is 57.5 Å². The van der Waals surface area contributed by atoms with Gasteiger partial charge in [0, 0.05) is 39.3 Å². The summed E-state index contributed by atoms with van der Waals surface area (Å²) in [5.41, 5.74) is 1.11. The lowest BCUT2D eigenvalue weighted by Crippen LogP contribution is -2.51. The van der Waals surface area contributed by atoms with Crippen molar-refractivity contribution < 1.29 is 9.59 Å². The summed E-state index contributed by atoms with van der Waals surface area (Å²) in [6.07, 6.45) is 4.46. The molecule has 3 fully saturated rings. The first-order valence-electron chi connectivity index (χ1n) is 12.3. The maximum absolute atomic E-state index is 12.9. The van der Waals surface area contributed by atoms with Crippen LogP contribution in [0.15, 0.2) is 30.3 Å². The fourth-order valence-corrected chi connectivity index (χ4v) is 5.83. The van der Waals surface area contributed by atoms with E-state index in [0.717, 1.165) is 45.2 Å². The largest absolute Gasteiger partial charge is 0.331 e. The highest BCUT2D eigenvalue weighted by Crippen LogP contribution is 2.45. The van der Waals surface area contributed by atoms with E-state index in [9.17, 15) is 14.9 Å². The van der Waals surface area contributed by atoms with Gasteiger partial charge in [0.25, 0.3) is 0 Å². The lowest BCUT2D eigenvalue weighted by Gasteiger charge is -2.34. The van der Waals surface area contributed by atoms with Crippen molar-refractivity contribution in [3.8, 4) is 6.07 Å². The first-order chi connectivity index (χ1) is 15.9. The highest BCUT2D eigenvalue weighted by atomic mass is 16.2. The van der Waals surface area contributed by atoms with Gasteiger partial charge in [-0.15, -0.1) is 0 Å². The van der Waals surface area contributed by atoms with Crippen LogP contribution < -0.4 is 5.32 Å². The molecule has 3 aliphatic rings. The molecule has 0 bridgehead atoms. The Morgan fingerprint density at radius 1 is 1.15 bits per heavy atom. The molecule has 7 heteroatoms. The van der Waals surface area contributed by atoms with E-state index in [2.05, 4.69) is 35.7 Å². The van der Waals surface area contributed by atoms with Gasteiger partial charge in [0.05, 0.1) is 12.6 Å². The van der Waals surface area contributed by atoms with Gasteiger partial charge in [-0.05, 0) is 49.5 Å². The highest BCUT2D eigenvalue weighted by Gasteiger charge is 2.50. The molecule has 180 valence electrons. The number of nitrogens with zero attached hydrogens (tertiary/aromatic N) is 4. The van der Waals surface area contributed by atoms with E-state index in [1.54, 1.807) is 23.9 Å². The molecule has 4 rings (SSSR count). The molecule has 1 aromatic carbocycles. The summed E-state index contributed by atoms with van der Waals surface area (Å²) in [7, 11) is 3.60. The quantitative estimate of drug-likeness (QED) is 0.743. The topological polar surface area (TPSA) is 79.7 Å². The summed E-state index contributed by atoms with van der Waals surface area (Å²) in [6.45, 7) is 6.52. The molecular formula is C26H39N5O2. The third-order valence-corrected chi connectivity index (χ3v) is 7.26. The fraction of sp³-hybridized carbons (Fsp3) is 0.654. The maximum Gasteiger partial charge on any atom is 0.319 e. The summed E-state index contributed by atoms with van der Waals surface area (Å²) >= 11 is 0. The minimum Gasteiger partial charge on any atom is -0.331 e. The summed E-state index contributed by atoms with van der Waals surface area (Å²) in [4.78, 5) is 30.6. The van der Waals surface area contributed by atoms with Crippen molar-refractivity contribution >= 4 is 11.9 Å². The minimum atomic E-state index is -0.284. The van der Waals surface area contributed by atoms with E-state index in [0.29, 0.717) is 18.4 Å². The third kappa shape index (κ3) is 5.67. The number of likely N-dealkylation sites (tertiary alicyclic amines) is 2. The summed E-state index contributed by atoms with van der Waals surface area (Å²) in [5, 5.41) is 13.0. The lowest BCUT2D eigenvalue weighted by atomic mass is 9.87. The van der Waals surface area contributed by atoms with Crippen LogP contribution in [0.2, 0.25) is 0 Å². The summed E-state index contributed by atoms with van der Waals surface area (Å²) in [5.74, 6) is 0.931. The average Bonchev–Trinajstić information content (AvgIpc) is 3.53. The Kier molecular flexibility index (Phi) is 8.36. The van der Waals surface area contributed by atoms with Crippen LogP contribution in [0.5, 0.6) is 0 Å². The number of nitriles is 1. The number of amides is 3. The first kappa shape index (κ1) is 25.0. The zero-order chi connectivity index (χ0) is 24.0. The number of urea groups is 1. The normalized spacial score (nSPS) is 28.0. The van der Waals surface area contributed by atoms with Gasteiger partial charge in [-0.2, -0.15) is 5.26 Å². The molecule has 1 aromatic rings. The molecule has 1 saturated carbocycles. The van der Waals surface area contributed by atoms with Crippen molar-refractivity contribution in [1.82, 2.24) is 20.0 Å². The van der Waals surface area contributed by atoms with Crippen LogP contribution in [-0.2, 0) is 11.2 Å². The molecule has 1 aliphatic carbocycles. The van der Waals surface area contributed by atoms with E-state index >= 15 is 0 Å². The van der Waals surface area contributed by atoms with Crippen molar-refractivity contribution in [2.75, 3.05) is 40.3 Å². The summed E-state index contributed by atoms with van der Waals surface area (Å²) < 4.78 is 0. The predicted molar refractivity (Wildman–Crippen MR) is 129 cm³/mol. The molecule has 0 aromatic heterocycles. The van der Waals surface area contributed by atoms with Crippen LogP contribution in [0, 0.1) is 23.2 Å². The highest BCUT2D eigenvalue weighted by molar-refractivity contribution is 5.79. The van der Waals surface area contributed by atoms with Gasteiger partial charge in [-0.1, -0.05) is 44.2 Å². The van der Waals surface area contributed by atoms with Gasteiger partial charge in [-0.3, -0.25) is 4.79 Å². The predicted octanol–water partition coefficient (Wildman–Crippen LogP) is 3.12. The molecule has 2 saturated heterocycles. The van der Waals surface area contributed by atoms with E-state index < -0.39 is 0 Å². The van der Waals surface area contributed by atoms with Crippen molar-refractivity contribution in [3.63, 3.8) is 0 Å². The standard InChI is InChI=1S/C24H33N5O2.C2H6/c1-27(2)23(31)28-16-19-12-24(13-20(19)17-28,11-18-7-4-3-5-8-18)26-15-22(30)29-10-6-9-21(29)14-25;1-2/h3-5,7-8,19-21,26H,6,9-13,15-17H2,1-2H3;1-2H3/t19-,20+,21?,24?;. The Morgan fingerprint density at radius 2 is 1.79 bits per heavy atom. The third-order valence-electron chi connectivity index (χ3n) is 7.26. The molecule has 2 unspecified atom stereocenters. The molecule has 4 atom stereocenters. The maximum atomic E-state index is 12.9. The molecule has 2 aliphatic heterocycles. The zero-order valence-electron chi connectivity index (χ0n) is 20.6. The molecule has 2 heterocycles. The number of fused-ring (bicyclic) bond motifs is 1. The van der Waals surface area contributed by atoms with Crippen LogP contribution in [0.25, 0.3) is 0 Å². The summed E-state index contributed by atoms with van der Waals surface area (Å²) in [6, 6.07) is 12.5. The molecule has 0 spiro atoms. The number of carbonyl (C=O) groups is 2. The van der Waals surface area contributed by atoms with Crippen LogP contribution in [-0.4, -0.2) is 78.5 Å². The Hall–Kier alpha value is -2.59. The van der Waals surface area contributed by atoms with Crippen molar-refractivity contribution in [3.05, 3.63) is 35.9 Å². The van der Waals surface area contributed by atoms with Crippen LogP contribution >= 0.6 is 0 Å². The Balaban J connectivity index is 0.00000149. The number of hydrogen-bond donors (Lipinski definition) is 1. The van der Waals surface area contributed by atoms with Crippen LogP contribution in [0.4, 0.5) is 4.79 Å². The SMILES string of the molecule is CC.CN(C)C(=O)N1C[C@@H]2CC(Cc3ccccc3)(NCC(=O)N3CCCC3C#N)C[C@@H]2C1. The van der Waals surface area contributed by atoms with E-state index in [1.165, 1.54) is 5.56 Å². The first-order valence-corrected chi connectivity index (χ1v) is 12.3. The van der Waals surface area contributed by atoms with Gasteiger partial charge in [0.2, 0.25) is 5.91 Å². The lowest BCUT2D eigenvalue weighted by molar-refractivity contribution is -0.130. The van der Waals surface area contributed by atoms with E-state index in [1.807, 2.05) is 24.8 Å². The molecule has 7 nitrogen and oxygen atoms in total. The second-order valence-corrected chi connectivity index (χ2v) is 9.68. The van der Waals surface area contributed by atoms with Gasteiger partial charge in [-0.25, -0.2) is 4.79 Å². The number of nitrogens with one attached hydrogen (secondary N) is 1. The molecular weight excluding hydrogens is 414 g/mol. The van der Waals surface area contributed by atoms with Crippen LogP contribution in [0.1, 0.15) is 45.1 Å². The smallest absolute Gasteiger partial charge is 0.319 e. The Morgan fingerprint density at radius 3 is 2.36 bits per heavy atom. The molecule has 33 heavy (non-hydrogen) atoms. The second kappa shape index (κ2) is 11.0.